The van der Waals surface area contributed by atoms with Crippen LogP contribution in [-0.2, 0) is 14.2 Å². The molecule has 0 fully saturated rings. The highest BCUT2D eigenvalue weighted by Crippen LogP contribution is 2.25. The summed E-state index contributed by atoms with van der Waals surface area (Å²) in [7, 11) is -4.64. The second-order valence-electron chi connectivity index (χ2n) is 12.6. The van der Waals surface area contributed by atoms with Crippen molar-refractivity contribution < 1.29 is 54.4 Å². The summed E-state index contributed by atoms with van der Waals surface area (Å²) in [6, 6.07) is 0. The average molecular weight is 729 g/mol. The minimum absolute atomic E-state index is 0.332. The van der Waals surface area contributed by atoms with Crippen LogP contribution in [0.5, 0.6) is 0 Å². The van der Waals surface area contributed by atoms with Crippen molar-refractivity contribution in [3.05, 3.63) is 12.2 Å². The van der Waals surface area contributed by atoms with Crippen molar-refractivity contribution in [2.24, 2.45) is 0 Å². The normalized spacial score (nSPS) is 11.0. The fourth-order valence-corrected chi connectivity index (χ4v) is 4.70. The van der Waals surface area contributed by atoms with Crippen LogP contribution in [0.25, 0.3) is 0 Å². The maximum atomic E-state index is 10.3. The summed E-state index contributed by atoms with van der Waals surface area (Å²) >= 11 is 0. The van der Waals surface area contributed by atoms with Gasteiger partial charge in [-0.25, -0.2) is 4.57 Å². The van der Waals surface area contributed by atoms with Crippen LogP contribution < -0.4 is 0 Å². The van der Waals surface area contributed by atoms with E-state index in [1.165, 1.54) is 141 Å². The quantitative estimate of drug-likeness (QED) is 0.0191. The molecular weight excluding hydrogens is 651 g/mol. The molecule has 0 bridgehead atoms. The molecule has 0 saturated carbocycles. The van der Waals surface area contributed by atoms with Gasteiger partial charge in [0.15, 0.2) is 0 Å². The van der Waals surface area contributed by atoms with Gasteiger partial charge in [-0.1, -0.05) is 154 Å². The molecular formula is C37H77O11P. The Morgan fingerprint density at radius 3 is 0.918 bits per heavy atom. The van der Waals surface area contributed by atoms with Gasteiger partial charge >= 0.3 is 19.8 Å². The van der Waals surface area contributed by atoms with E-state index < -0.39 is 25.9 Å². The number of aliphatic carboxylic acids is 2. The fraction of sp³-hybridized carbons (Fsp3) is 0.892. The molecule has 0 radical (unpaired) electrons. The van der Waals surface area contributed by atoms with Gasteiger partial charge in [0.25, 0.3) is 0 Å². The molecule has 0 spiro atoms. The molecule has 8 N–H and O–H groups in total. The van der Waals surface area contributed by atoms with Gasteiger partial charge in [-0.15, -0.1) is 0 Å². The lowest BCUT2D eigenvalue weighted by atomic mass is 10.0. The Bertz CT molecular complexity index is 717. The Hall–Kier alpha value is -1.33. The van der Waals surface area contributed by atoms with E-state index in [1.807, 2.05) is 0 Å². The van der Waals surface area contributed by atoms with Gasteiger partial charge in [0.2, 0.25) is 0 Å². The first-order valence-corrected chi connectivity index (χ1v) is 20.7. The molecule has 0 aliphatic carbocycles. The number of unbranched alkanes of at least 4 members (excludes halogenated alkanes) is 23. The van der Waals surface area contributed by atoms with Crippen molar-refractivity contribution in [3.63, 3.8) is 0 Å². The Kier molecular flexibility index (Phi) is 51.9. The van der Waals surface area contributed by atoms with E-state index in [4.69, 9.17) is 44.8 Å². The fourth-order valence-electron chi connectivity index (χ4n) is 4.70. The third-order valence-corrected chi connectivity index (χ3v) is 7.57. The molecule has 0 aromatic rings. The van der Waals surface area contributed by atoms with E-state index in [-0.39, 0.29) is 13.2 Å². The van der Waals surface area contributed by atoms with Gasteiger partial charge in [-0.3, -0.25) is 9.59 Å². The van der Waals surface area contributed by atoms with Crippen molar-refractivity contribution in [1.82, 2.24) is 0 Å². The van der Waals surface area contributed by atoms with Gasteiger partial charge < -0.3 is 40.2 Å². The Balaban J connectivity index is -0.000000317. The second kappa shape index (κ2) is 46.7. The number of aliphatic hydroxyl groups is 3. The number of allylic oxidation sites excluding steroid dienone is 2. The number of hydrogen-bond donors (Lipinski definition) is 8. The van der Waals surface area contributed by atoms with Crippen molar-refractivity contribution in [2.45, 2.75) is 200 Å². The van der Waals surface area contributed by atoms with E-state index >= 15 is 0 Å². The third kappa shape index (κ3) is 77.5. The van der Waals surface area contributed by atoms with Gasteiger partial charge in [-0.05, 0) is 38.5 Å². The number of carbonyl (C=O) groups is 2. The van der Waals surface area contributed by atoms with Crippen molar-refractivity contribution in [3.8, 4) is 0 Å². The van der Waals surface area contributed by atoms with Gasteiger partial charge in [-0.2, -0.15) is 0 Å². The monoisotopic (exact) mass is 729 g/mol. The molecule has 49 heavy (non-hydrogen) atoms. The number of phosphoric acid groups is 1. The highest BCUT2D eigenvalue weighted by molar-refractivity contribution is 7.45. The van der Waals surface area contributed by atoms with Crippen molar-refractivity contribution >= 4 is 19.8 Å². The van der Waals surface area contributed by atoms with Gasteiger partial charge in [0.1, 0.15) is 6.10 Å². The van der Waals surface area contributed by atoms with Crippen LogP contribution >= 0.6 is 7.82 Å². The maximum Gasteiger partial charge on any atom is 0.466 e. The first-order valence-electron chi connectivity index (χ1n) is 19.1. The van der Waals surface area contributed by atoms with Crippen LogP contribution in [0, 0.1) is 0 Å². The zero-order chi connectivity index (χ0) is 37.9. The topological polar surface area (TPSA) is 213 Å². The summed E-state index contributed by atoms with van der Waals surface area (Å²) in [5.41, 5.74) is 0. The molecule has 0 aromatic carbocycles. The third-order valence-electron chi connectivity index (χ3n) is 7.57. The summed E-state index contributed by atoms with van der Waals surface area (Å²) in [4.78, 5) is 42.2. The molecule has 0 saturated heterocycles. The molecule has 0 heterocycles. The number of hydrogen-bond acceptors (Lipinski definition) is 6. The molecule has 0 atom stereocenters. The maximum absolute atomic E-state index is 10.3. The summed E-state index contributed by atoms with van der Waals surface area (Å²) < 4.78 is 8.88. The summed E-state index contributed by atoms with van der Waals surface area (Å²) in [5, 5.41) is 41.0. The predicted molar refractivity (Wildman–Crippen MR) is 199 cm³/mol. The van der Waals surface area contributed by atoms with Crippen molar-refractivity contribution in [1.29, 1.82) is 0 Å². The number of carboxylic acids is 2. The first-order chi connectivity index (χ1) is 23.3. The van der Waals surface area contributed by atoms with E-state index in [1.54, 1.807) is 0 Å². The highest BCUT2D eigenvalue weighted by atomic mass is 31.2. The Morgan fingerprint density at radius 2 is 0.714 bits per heavy atom. The van der Waals surface area contributed by atoms with Gasteiger partial charge in [0.05, 0.1) is 13.2 Å². The van der Waals surface area contributed by atoms with E-state index in [0.717, 1.165) is 25.7 Å². The predicted octanol–water partition coefficient (Wildman–Crippen LogP) is 9.06. The molecule has 0 unspecified atom stereocenters. The van der Waals surface area contributed by atoms with Crippen LogP contribution in [-0.4, -0.2) is 71.5 Å². The zero-order valence-corrected chi connectivity index (χ0v) is 32.1. The highest BCUT2D eigenvalue weighted by Gasteiger charge is 2.00. The zero-order valence-electron chi connectivity index (χ0n) is 31.2. The molecule has 12 heteroatoms. The van der Waals surface area contributed by atoms with Crippen LogP contribution in [0.15, 0.2) is 12.2 Å². The van der Waals surface area contributed by atoms with Crippen LogP contribution in [0.1, 0.15) is 194 Å². The Labute approximate surface area is 298 Å². The average Bonchev–Trinajstić information content (AvgIpc) is 3.04. The van der Waals surface area contributed by atoms with Crippen LogP contribution in [0.2, 0.25) is 0 Å². The van der Waals surface area contributed by atoms with Crippen molar-refractivity contribution in [2.75, 3.05) is 13.2 Å². The molecule has 11 nitrogen and oxygen atoms in total. The smallest absolute Gasteiger partial charge is 0.466 e. The second-order valence-corrected chi connectivity index (χ2v) is 13.7. The number of carboxylic acid groups (broad SMARTS) is 2. The first kappa shape index (κ1) is 54.4. The van der Waals surface area contributed by atoms with E-state index in [2.05, 4.69) is 26.0 Å². The largest absolute Gasteiger partial charge is 0.481 e. The van der Waals surface area contributed by atoms with Crippen LogP contribution in [0.3, 0.4) is 0 Å². The lowest BCUT2D eigenvalue weighted by Crippen LogP contribution is -2.15. The lowest BCUT2D eigenvalue weighted by molar-refractivity contribution is -0.138. The molecule has 0 aromatic heterocycles. The molecule has 0 aliphatic heterocycles. The SMILES string of the molecule is CCCCCCCC/C=C\CCCCCCCC(=O)O.CCCCCCCCCCCCCCCC(=O)O.O=P(O)(O)O.OCC(O)CO. The number of aliphatic hydroxyl groups excluding tert-OH is 3. The molecule has 0 amide bonds. The standard InChI is InChI=1S/C18H34O2.C16H32O2.C3H8O3.H3O4P/c1-2-3-4-5-6-7-8-9-10-11-12-13-14-15-16-17-18(19)20;1-2-3-4-5-6-7-8-9-10-11-12-13-14-15-16(17)18;4-1-3(6)2-5;1-5(2,3)4/h9-10H,2-8,11-17H2,1H3,(H,19,20);2-15H2,1H3,(H,17,18);3-6H,1-2H2;(H3,1,2,3,4)/b10-9-;;;. The lowest BCUT2D eigenvalue weighted by Gasteiger charge is -2.02. The summed E-state index contributed by atoms with van der Waals surface area (Å²) in [6.45, 7) is 3.79. The Morgan fingerprint density at radius 1 is 0.490 bits per heavy atom. The molecule has 0 aliphatic rings. The minimum atomic E-state index is -4.64. The van der Waals surface area contributed by atoms with Gasteiger partial charge in [0, 0.05) is 12.8 Å². The summed E-state index contributed by atoms with van der Waals surface area (Å²) in [5.74, 6) is -1.32. The van der Waals surface area contributed by atoms with Crippen LogP contribution in [0.4, 0.5) is 0 Å². The van der Waals surface area contributed by atoms with E-state index in [9.17, 15) is 9.59 Å². The summed E-state index contributed by atoms with van der Waals surface area (Å²) in [6.07, 6.45) is 37.6. The minimum Gasteiger partial charge on any atom is -0.481 e. The molecule has 0 rings (SSSR count). The molecule has 296 valence electrons. The van der Waals surface area contributed by atoms with E-state index in [0.29, 0.717) is 12.8 Å². The number of rotatable bonds is 31.